The lowest BCUT2D eigenvalue weighted by Gasteiger charge is -2.38. The zero-order valence-electron chi connectivity index (χ0n) is 22.4. The van der Waals surface area contributed by atoms with Gasteiger partial charge in [-0.3, -0.25) is 4.79 Å². The number of rotatable bonds is 8. The predicted molar refractivity (Wildman–Crippen MR) is 153 cm³/mol. The third-order valence-electron chi connectivity index (χ3n) is 6.92. The van der Waals surface area contributed by atoms with Crippen LogP contribution in [0.4, 0.5) is 10.5 Å². The summed E-state index contributed by atoms with van der Waals surface area (Å²) >= 11 is 0. The van der Waals surface area contributed by atoms with Crippen LogP contribution in [0.5, 0.6) is 11.5 Å². The maximum atomic E-state index is 13.8. The van der Waals surface area contributed by atoms with Gasteiger partial charge in [-0.2, -0.15) is 0 Å². The zero-order chi connectivity index (χ0) is 27.2. The molecule has 0 radical (unpaired) electrons. The van der Waals surface area contributed by atoms with E-state index in [0.717, 1.165) is 29.0 Å². The van der Waals surface area contributed by atoms with Gasteiger partial charge in [0.05, 0.1) is 6.04 Å². The van der Waals surface area contributed by atoms with Crippen molar-refractivity contribution in [1.82, 2.24) is 14.4 Å². The van der Waals surface area contributed by atoms with Crippen LogP contribution in [0.3, 0.4) is 0 Å². The molecule has 0 spiro atoms. The van der Waals surface area contributed by atoms with E-state index >= 15 is 0 Å². The van der Waals surface area contributed by atoms with Crippen LogP contribution < -0.4 is 10.1 Å². The van der Waals surface area contributed by atoms with Crippen molar-refractivity contribution >= 4 is 17.6 Å². The molecule has 1 aliphatic heterocycles. The van der Waals surface area contributed by atoms with Gasteiger partial charge in [0.25, 0.3) is 0 Å². The number of amides is 3. The van der Waals surface area contributed by atoms with Crippen LogP contribution in [0.1, 0.15) is 36.2 Å². The monoisotopic (exact) mass is 522 g/mol. The maximum Gasteiger partial charge on any atom is 0.322 e. The van der Waals surface area contributed by atoms with Crippen LogP contribution in [0.2, 0.25) is 0 Å². The van der Waals surface area contributed by atoms with Crippen LogP contribution in [0, 0.1) is 6.92 Å². The number of nitrogens with zero attached hydrogens (tertiary/aromatic N) is 3. The van der Waals surface area contributed by atoms with Gasteiger partial charge in [0.1, 0.15) is 18.0 Å². The minimum atomic E-state index is -0.288. The number of aryl methyl sites for hydroxylation is 1. The fourth-order valence-electron chi connectivity index (χ4n) is 4.99. The average Bonchev–Trinajstić information content (AvgIpc) is 3.43. The number of anilines is 1. The van der Waals surface area contributed by atoms with Crippen molar-refractivity contribution < 1.29 is 14.3 Å². The first-order valence-corrected chi connectivity index (χ1v) is 13.4. The lowest BCUT2D eigenvalue weighted by atomic mass is 9.99. The van der Waals surface area contributed by atoms with Gasteiger partial charge >= 0.3 is 6.03 Å². The van der Waals surface area contributed by atoms with E-state index in [1.165, 1.54) is 0 Å². The highest BCUT2D eigenvalue weighted by Crippen LogP contribution is 2.35. The number of ether oxygens (including phenoxy) is 1. The van der Waals surface area contributed by atoms with E-state index in [2.05, 4.69) is 16.0 Å². The Hall–Kier alpha value is -4.52. The van der Waals surface area contributed by atoms with E-state index in [0.29, 0.717) is 31.1 Å². The van der Waals surface area contributed by atoms with Crippen LogP contribution >= 0.6 is 0 Å². The highest BCUT2D eigenvalue weighted by molar-refractivity contribution is 5.92. The van der Waals surface area contributed by atoms with Crippen molar-refractivity contribution in [2.45, 2.75) is 32.9 Å². The Morgan fingerprint density at radius 1 is 0.923 bits per heavy atom. The Bertz CT molecular complexity index is 1410. The number of carbonyl (C=O) groups is 2. The highest BCUT2D eigenvalue weighted by atomic mass is 16.5. The summed E-state index contributed by atoms with van der Waals surface area (Å²) in [6.45, 7) is 5.75. The molecule has 39 heavy (non-hydrogen) atoms. The summed E-state index contributed by atoms with van der Waals surface area (Å²) in [5.41, 5.74) is 3.83. The number of benzene rings is 3. The summed E-state index contributed by atoms with van der Waals surface area (Å²) in [7, 11) is 0. The minimum Gasteiger partial charge on any atom is -0.457 e. The fourth-order valence-corrected chi connectivity index (χ4v) is 4.99. The quantitative estimate of drug-likeness (QED) is 0.289. The normalized spacial score (nSPS) is 14.4. The topological polar surface area (TPSA) is 66.8 Å². The number of hydrogen-bond donors (Lipinski definition) is 1. The van der Waals surface area contributed by atoms with Gasteiger partial charge in [0.2, 0.25) is 5.91 Å². The number of urea groups is 1. The first-order valence-electron chi connectivity index (χ1n) is 13.4. The largest absolute Gasteiger partial charge is 0.457 e. The Kier molecular flexibility index (Phi) is 7.96. The smallest absolute Gasteiger partial charge is 0.322 e. The molecule has 0 bridgehead atoms. The molecular formula is C32H34N4O3. The molecule has 3 amide bonds. The molecule has 200 valence electrons. The summed E-state index contributed by atoms with van der Waals surface area (Å²) in [5.74, 6) is 1.37. The van der Waals surface area contributed by atoms with E-state index < -0.39 is 0 Å². The predicted octanol–water partition coefficient (Wildman–Crippen LogP) is 6.46. The summed E-state index contributed by atoms with van der Waals surface area (Å²) in [4.78, 5) is 30.5. The van der Waals surface area contributed by atoms with E-state index in [9.17, 15) is 9.59 Å². The first kappa shape index (κ1) is 26.1. The number of hydrogen-bond acceptors (Lipinski definition) is 3. The molecule has 1 aromatic heterocycles. The number of nitrogens with one attached hydrogen (secondary N) is 1. The summed E-state index contributed by atoms with van der Waals surface area (Å²) in [6.07, 6.45) is 2.80. The number of para-hydroxylation sites is 1. The van der Waals surface area contributed by atoms with Crippen LogP contribution in [-0.2, 0) is 11.3 Å². The lowest BCUT2D eigenvalue weighted by Crippen LogP contribution is -2.48. The number of aromatic nitrogens is 1. The number of fused-ring (bicyclic) bond motifs is 1. The van der Waals surface area contributed by atoms with Crippen LogP contribution in [-0.4, -0.2) is 45.9 Å². The minimum absolute atomic E-state index is 0.00293. The Morgan fingerprint density at radius 3 is 2.46 bits per heavy atom. The van der Waals surface area contributed by atoms with Crippen LogP contribution in [0.15, 0.2) is 97.2 Å². The highest BCUT2D eigenvalue weighted by Gasteiger charge is 2.33. The van der Waals surface area contributed by atoms with Gasteiger partial charge in [-0.25, -0.2) is 4.79 Å². The van der Waals surface area contributed by atoms with Gasteiger partial charge in [0.15, 0.2) is 0 Å². The molecule has 0 fully saturated rings. The van der Waals surface area contributed by atoms with E-state index in [4.69, 9.17) is 4.74 Å². The van der Waals surface area contributed by atoms with Gasteiger partial charge in [0, 0.05) is 37.2 Å². The SMILES string of the molecule is CCCN(CC(=O)N1CCn2cccc2[C@H]1c1cccc(Oc2ccccc2)c1)C(=O)Nc1ccc(C)cc1. The molecule has 7 nitrogen and oxygen atoms in total. The molecule has 2 heterocycles. The zero-order valence-corrected chi connectivity index (χ0v) is 22.4. The van der Waals surface area contributed by atoms with Gasteiger partial charge in [-0.1, -0.05) is 55.0 Å². The average molecular weight is 523 g/mol. The second-order valence-corrected chi connectivity index (χ2v) is 9.82. The molecule has 0 saturated heterocycles. The van der Waals surface area contributed by atoms with Crippen molar-refractivity contribution in [1.29, 1.82) is 0 Å². The third-order valence-corrected chi connectivity index (χ3v) is 6.92. The molecule has 0 aliphatic carbocycles. The molecule has 0 saturated carbocycles. The summed E-state index contributed by atoms with van der Waals surface area (Å²) in [5, 5.41) is 2.94. The Morgan fingerprint density at radius 2 is 1.69 bits per heavy atom. The fraction of sp³-hybridized carbons (Fsp3) is 0.250. The maximum absolute atomic E-state index is 13.8. The molecule has 3 aromatic carbocycles. The lowest BCUT2D eigenvalue weighted by molar-refractivity contribution is -0.134. The molecule has 0 unspecified atom stereocenters. The Labute approximate surface area is 229 Å². The molecule has 4 aromatic rings. The van der Waals surface area contributed by atoms with Crippen molar-refractivity contribution in [3.05, 3.63) is 114 Å². The van der Waals surface area contributed by atoms with Gasteiger partial charge in [-0.15, -0.1) is 0 Å². The van der Waals surface area contributed by atoms with Crippen molar-refractivity contribution in [3.63, 3.8) is 0 Å². The van der Waals surface area contributed by atoms with Crippen molar-refractivity contribution in [2.75, 3.05) is 25.0 Å². The van der Waals surface area contributed by atoms with Gasteiger partial charge in [-0.05, 0) is 67.4 Å². The molecule has 7 heteroatoms. The summed E-state index contributed by atoms with van der Waals surface area (Å²) in [6, 6.07) is 28.7. The molecular weight excluding hydrogens is 488 g/mol. The first-order chi connectivity index (χ1) is 19.0. The van der Waals surface area contributed by atoms with E-state index in [-0.39, 0.29) is 24.5 Å². The van der Waals surface area contributed by atoms with Crippen molar-refractivity contribution in [3.8, 4) is 11.5 Å². The summed E-state index contributed by atoms with van der Waals surface area (Å²) < 4.78 is 8.28. The molecule has 1 N–H and O–H groups in total. The van der Waals surface area contributed by atoms with Crippen LogP contribution in [0.25, 0.3) is 0 Å². The standard InChI is InChI=1S/C32H34N4O3/c1-3-18-35(32(38)33-26-16-14-24(2)15-17-26)23-30(37)36-21-20-34-19-8-13-29(34)31(36)25-9-7-12-28(22-25)39-27-10-5-4-6-11-27/h4-17,19,22,31H,3,18,20-21,23H2,1-2H3,(H,33,38)/t31-/m1/s1. The molecule has 1 aliphatic rings. The molecule has 5 rings (SSSR count). The Balaban J connectivity index is 1.38. The van der Waals surface area contributed by atoms with Gasteiger partial charge < -0.3 is 24.4 Å². The third kappa shape index (κ3) is 6.14. The van der Waals surface area contributed by atoms with E-state index in [1.54, 1.807) is 4.90 Å². The van der Waals surface area contributed by atoms with Crippen molar-refractivity contribution in [2.24, 2.45) is 0 Å². The van der Waals surface area contributed by atoms with E-state index in [1.807, 2.05) is 110 Å². The number of carbonyl (C=O) groups excluding carboxylic acids is 2. The second kappa shape index (κ2) is 11.9. The second-order valence-electron chi connectivity index (χ2n) is 9.82. The molecule has 1 atom stereocenters.